The smallest absolute Gasteiger partial charge is 0.315 e. The normalized spacial score (nSPS) is 30.5. The van der Waals surface area contributed by atoms with E-state index in [-0.39, 0.29) is 6.03 Å². The molecule has 74 valence electrons. The predicted molar refractivity (Wildman–Crippen MR) is 51.5 cm³/mol. The summed E-state index contributed by atoms with van der Waals surface area (Å²) in [6, 6.07) is 0.870. The number of carbonyl (C=O) groups is 1. The monoisotopic (exact) mass is 182 g/mol. The summed E-state index contributed by atoms with van der Waals surface area (Å²) < 4.78 is 0. The topological polar surface area (TPSA) is 41.1 Å². The van der Waals surface area contributed by atoms with Gasteiger partial charge in [0.2, 0.25) is 0 Å². The Labute approximate surface area is 79.3 Å². The van der Waals surface area contributed by atoms with Crippen molar-refractivity contribution >= 4 is 6.03 Å². The molecule has 0 heterocycles. The lowest BCUT2D eigenvalue weighted by atomic mass is 9.93. The fraction of sp³-hybridized carbons (Fsp3) is 0.900. The number of rotatable bonds is 2. The summed E-state index contributed by atoms with van der Waals surface area (Å²) in [6.07, 6.45) is 4.69. The Kier molecular flexibility index (Phi) is 1.97. The van der Waals surface area contributed by atoms with Gasteiger partial charge in [0, 0.05) is 12.1 Å². The maximum Gasteiger partial charge on any atom is 0.315 e. The van der Waals surface area contributed by atoms with E-state index < -0.39 is 0 Å². The van der Waals surface area contributed by atoms with Gasteiger partial charge < -0.3 is 10.6 Å². The third kappa shape index (κ3) is 1.95. The third-order valence-electron chi connectivity index (χ3n) is 3.26. The first kappa shape index (κ1) is 8.85. The lowest BCUT2D eigenvalue weighted by Gasteiger charge is -2.26. The zero-order valence-corrected chi connectivity index (χ0v) is 8.39. The molecular formula is C10H18N2O. The van der Waals surface area contributed by atoms with Crippen molar-refractivity contribution in [1.29, 1.82) is 0 Å². The van der Waals surface area contributed by atoms with E-state index in [9.17, 15) is 4.79 Å². The van der Waals surface area contributed by atoms with Crippen LogP contribution in [0.2, 0.25) is 0 Å². The SMILES string of the molecule is CC1(C)CC1NC(=O)NC1CCC1. The molecular weight excluding hydrogens is 164 g/mol. The minimum Gasteiger partial charge on any atom is -0.335 e. The van der Waals surface area contributed by atoms with E-state index in [2.05, 4.69) is 24.5 Å². The van der Waals surface area contributed by atoms with Gasteiger partial charge in [0.15, 0.2) is 0 Å². The van der Waals surface area contributed by atoms with Crippen molar-refractivity contribution in [2.24, 2.45) is 5.41 Å². The van der Waals surface area contributed by atoms with Crippen molar-refractivity contribution < 1.29 is 4.79 Å². The molecule has 0 radical (unpaired) electrons. The predicted octanol–water partition coefficient (Wildman–Crippen LogP) is 1.64. The van der Waals surface area contributed by atoms with Gasteiger partial charge in [0.05, 0.1) is 0 Å². The molecule has 2 N–H and O–H groups in total. The Balaban J connectivity index is 1.67. The second-order valence-corrected chi connectivity index (χ2v) is 4.99. The summed E-state index contributed by atoms with van der Waals surface area (Å²) in [5.41, 5.74) is 0.330. The van der Waals surface area contributed by atoms with Crippen LogP contribution in [0.4, 0.5) is 4.79 Å². The van der Waals surface area contributed by atoms with Gasteiger partial charge in [-0.3, -0.25) is 0 Å². The summed E-state index contributed by atoms with van der Waals surface area (Å²) in [5, 5.41) is 5.97. The summed E-state index contributed by atoms with van der Waals surface area (Å²) in [6.45, 7) is 4.36. The highest BCUT2D eigenvalue weighted by Crippen LogP contribution is 2.44. The lowest BCUT2D eigenvalue weighted by Crippen LogP contribution is -2.46. The molecule has 0 aromatic rings. The molecule has 0 aromatic carbocycles. The van der Waals surface area contributed by atoms with E-state index >= 15 is 0 Å². The molecule has 1 atom stereocenters. The highest BCUT2D eigenvalue weighted by Gasteiger charge is 2.46. The van der Waals surface area contributed by atoms with Crippen LogP contribution in [0.15, 0.2) is 0 Å². The van der Waals surface area contributed by atoms with Gasteiger partial charge in [-0.1, -0.05) is 13.8 Å². The summed E-state index contributed by atoms with van der Waals surface area (Å²) in [7, 11) is 0. The molecule has 2 rings (SSSR count). The van der Waals surface area contributed by atoms with Crippen molar-refractivity contribution in [2.45, 2.75) is 51.6 Å². The summed E-state index contributed by atoms with van der Waals surface area (Å²) >= 11 is 0. The van der Waals surface area contributed by atoms with Gasteiger partial charge in [0.25, 0.3) is 0 Å². The number of hydrogen-bond acceptors (Lipinski definition) is 1. The van der Waals surface area contributed by atoms with Crippen molar-refractivity contribution in [3.05, 3.63) is 0 Å². The van der Waals surface area contributed by atoms with E-state index in [1.165, 1.54) is 6.42 Å². The molecule has 1 unspecified atom stereocenters. The molecule has 2 saturated carbocycles. The molecule has 2 fully saturated rings. The average Bonchev–Trinajstić information content (AvgIpc) is 2.50. The van der Waals surface area contributed by atoms with Crippen molar-refractivity contribution in [3.63, 3.8) is 0 Å². The largest absolute Gasteiger partial charge is 0.335 e. The number of nitrogens with one attached hydrogen (secondary N) is 2. The molecule has 2 aliphatic rings. The lowest BCUT2D eigenvalue weighted by molar-refractivity contribution is 0.227. The standard InChI is InChI=1S/C10H18N2O/c1-10(2)6-8(10)12-9(13)11-7-4-3-5-7/h7-8H,3-6H2,1-2H3,(H2,11,12,13). The highest BCUT2D eigenvalue weighted by atomic mass is 16.2. The number of carbonyl (C=O) groups excluding carboxylic acids is 1. The fourth-order valence-electron chi connectivity index (χ4n) is 1.65. The Hall–Kier alpha value is -0.730. The van der Waals surface area contributed by atoms with Crippen LogP contribution in [-0.2, 0) is 0 Å². The minimum atomic E-state index is 0.0280. The van der Waals surface area contributed by atoms with Gasteiger partial charge in [-0.05, 0) is 31.1 Å². The van der Waals surface area contributed by atoms with Crippen molar-refractivity contribution in [1.82, 2.24) is 10.6 Å². The highest BCUT2D eigenvalue weighted by molar-refractivity contribution is 5.75. The number of amides is 2. The Morgan fingerprint density at radius 3 is 2.31 bits per heavy atom. The molecule has 0 bridgehead atoms. The van der Waals surface area contributed by atoms with Gasteiger partial charge >= 0.3 is 6.03 Å². The molecule has 2 amide bonds. The van der Waals surface area contributed by atoms with E-state index in [4.69, 9.17) is 0 Å². The van der Waals surface area contributed by atoms with Crippen LogP contribution >= 0.6 is 0 Å². The van der Waals surface area contributed by atoms with Gasteiger partial charge in [-0.25, -0.2) is 4.79 Å². The molecule has 3 nitrogen and oxygen atoms in total. The zero-order chi connectivity index (χ0) is 9.47. The maximum absolute atomic E-state index is 11.4. The van der Waals surface area contributed by atoms with Crippen LogP contribution in [0.3, 0.4) is 0 Å². The fourth-order valence-corrected chi connectivity index (χ4v) is 1.65. The Bertz CT molecular complexity index is 221. The van der Waals surface area contributed by atoms with Crippen LogP contribution in [0.1, 0.15) is 39.5 Å². The summed E-state index contributed by atoms with van der Waals surface area (Å²) in [4.78, 5) is 11.4. The number of urea groups is 1. The third-order valence-corrected chi connectivity index (χ3v) is 3.26. The molecule has 0 aliphatic heterocycles. The van der Waals surface area contributed by atoms with Crippen LogP contribution in [-0.4, -0.2) is 18.1 Å². The first-order chi connectivity index (χ1) is 6.08. The zero-order valence-electron chi connectivity index (χ0n) is 8.39. The van der Waals surface area contributed by atoms with Crippen molar-refractivity contribution in [2.75, 3.05) is 0 Å². The quantitative estimate of drug-likeness (QED) is 0.669. The van der Waals surface area contributed by atoms with Gasteiger partial charge in [0.1, 0.15) is 0 Å². The van der Waals surface area contributed by atoms with Crippen molar-refractivity contribution in [3.8, 4) is 0 Å². The van der Waals surface area contributed by atoms with E-state index in [0.717, 1.165) is 19.3 Å². The van der Waals surface area contributed by atoms with Crippen LogP contribution in [0.25, 0.3) is 0 Å². The minimum absolute atomic E-state index is 0.0280. The van der Waals surface area contributed by atoms with Gasteiger partial charge in [-0.2, -0.15) is 0 Å². The van der Waals surface area contributed by atoms with E-state index in [0.29, 0.717) is 17.5 Å². The first-order valence-electron chi connectivity index (χ1n) is 5.15. The average molecular weight is 182 g/mol. The molecule has 0 saturated heterocycles. The van der Waals surface area contributed by atoms with E-state index in [1.54, 1.807) is 0 Å². The van der Waals surface area contributed by atoms with Crippen LogP contribution in [0.5, 0.6) is 0 Å². The van der Waals surface area contributed by atoms with Crippen LogP contribution < -0.4 is 10.6 Å². The summed E-state index contributed by atoms with van der Waals surface area (Å²) in [5.74, 6) is 0. The van der Waals surface area contributed by atoms with E-state index in [1.807, 2.05) is 0 Å². The second-order valence-electron chi connectivity index (χ2n) is 4.99. The second kappa shape index (κ2) is 2.89. The molecule has 3 heteroatoms. The maximum atomic E-state index is 11.4. The molecule has 13 heavy (non-hydrogen) atoms. The molecule has 0 spiro atoms. The first-order valence-corrected chi connectivity index (χ1v) is 5.15. The molecule has 0 aromatic heterocycles. The molecule has 2 aliphatic carbocycles. The van der Waals surface area contributed by atoms with Gasteiger partial charge in [-0.15, -0.1) is 0 Å². The van der Waals surface area contributed by atoms with Crippen LogP contribution in [0, 0.1) is 5.41 Å². The Morgan fingerprint density at radius 1 is 1.31 bits per heavy atom. The Morgan fingerprint density at radius 2 is 1.92 bits per heavy atom. The number of hydrogen-bond donors (Lipinski definition) is 2.